The first kappa shape index (κ1) is 16.8. The van der Waals surface area contributed by atoms with Crippen LogP contribution in [0.1, 0.15) is 50.3 Å². The molecular formula is C22H29N2+. The second kappa shape index (κ2) is 7.65. The largest absolute Gasteiger partial charge is 0.287 e. The molecule has 0 N–H and O–H groups in total. The summed E-state index contributed by atoms with van der Waals surface area (Å²) in [7, 11) is 0. The van der Waals surface area contributed by atoms with Gasteiger partial charge in [0.15, 0.2) is 11.4 Å². The Morgan fingerprint density at radius 1 is 0.917 bits per heavy atom. The molecule has 3 rings (SSSR count). The number of imidazole rings is 1. The van der Waals surface area contributed by atoms with Crippen LogP contribution in [0.15, 0.2) is 48.7 Å². The Hall–Kier alpha value is -2.09. The number of aryl methyl sites for hydroxylation is 3. The highest BCUT2D eigenvalue weighted by molar-refractivity contribution is 5.61. The molecule has 0 radical (unpaired) electrons. The van der Waals surface area contributed by atoms with E-state index in [1.165, 1.54) is 60.3 Å². The van der Waals surface area contributed by atoms with Crippen LogP contribution in [-0.2, 0) is 6.54 Å². The van der Waals surface area contributed by atoms with Crippen molar-refractivity contribution in [3.8, 4) is 11.3 Å². The van der Waals surface area contributed by atoms with Crippen LogP contribution < -0.4 is 4.57 Å². The molecule has 0 amide bonds. The van der Waals surface area contributed by atoms with Crippen molar-refractivity contribution in [2.24, 2.45) is 0 Å². The van der Waals surface area contributed by atoms with Gasteiger partial charge in [-0.2, -0.15) is 4.40 Å². The molecular weight excluding hydrogens is 292 g/mol. The maximum atomic E-state index is 2.52. The van der Waals surface area contributed by atoms with Gasteiger partial charge in [-0.15, -0.1) is 0 Å². The monoisotopic (exact) mass is 321 g/mol. The van der Waals surface area contributed by atoms with Gasteiger partial charge in [-0.3, -0.25) is 0 Å². The first-order valence-corrected chi connectivity index (χ1v) is 9.29. The topological polar surface area (TPSA) is 8.29 Å². The molecule has 0 fully saturated rings. The van der Waals surface area contributed by atoms with Crippen molar-refractivity contribution >= 4 is 5.65 Å². The van der Waals surface area contributed by atoms with Crippen LogP contribution in [0.25, 0.3) is 16.9 Å². The molecule has 1 aromatic carbocycles. The molecule has 0 unspecified atom stereocenters. The normalized spacial score (nSPS) is 11.3. The van der Waals surface area contributed by atoms with Crippen molar-refractivity contribution in [1.29, 1.82) is 0 Å². The summed E-state index contributed by atoms with van der Waals surface area (Å²) >= 11 is 0. The minimum atomic E-state index is 1.09. The fourth-order valence-electron chi connectivity index (χ4n) is 3.57. The molecule has 0 aliphatic carbocycles. The lowest BCUT2D eigenvalue weighted by atomic mass is 10.1. The van der Waals surface area contributed by atoms with E-state index in [1.807, 2.05) is 0 Å². The molecule has 2 heteroatoms. The number of hydrogen-bond donors (Lipinski definition) is 0. The lowest BCUT2D eigenvalue weighted by Crippen LogP contribution is -2.35. The number of rotatable bonds is 7. The van der Waals surface area contributed by atoms with E-state index >= 15 is 0 Å². The predicted molar refractivity (Wildman–Crippen MR) is 101 cm³/mol. The Labute approximate surface area is 145 Å². The molecule has 126 valence electrons. The highest BCUT2D eigenvalue weighted by Gasteiger charge is 2.23. The SMILES string of the molecule is CCCCCCC[n+]1c(-c2ccccc2)c(C)n2ccc(C)cc21. The Morgan fingerprint density at radius 3 is 2.42 bits per heavy atom. The van der Waals surface area contributed by atoms with Crippen LogP contribution >= 0.6 is 0 Å². The van der Waals surface area contributed by atoms with Gasteiger partial charge in [0.25, 0.3) is 5.65 Å². The zero-order chi connectivity index (χ0) is 16.9. The van der Waals surface area contributed by atoms with E-state index in [4.69, 9.17) is 0 Å². The summed E-state index contributed by atoms with van der Waals surface area (Å²) in [5, 5.41) is 0. The fourth-order valence-corrected chi connectivity index (χ4v) is 3.57. The molecule has 2 aromatic heterocycles. The van der Waals surface area contributed by atoms with E-state index in [-0.39, 0.29) is 0 Å². The van der Waals surface area contributed by atoms with Gasteiger partial charge in [-0.05, 0) is 31.4 Å². The molecule has 0 saturated heterocycles. The van der Waals surface area contributed by atoms with Crippen molar-refractivity contribution in [3.05, 3.63) is 59.9 Å². The van der Waals surface area contributed by atoms with Crippen LogP contribution in [0.3, 0.4) is 0 Å². The third-order valence-corrected chi connectivity index (χ3v) is 4.87. The van der Waals surface area contributed by atoms with E-state index < -0.39 is 0 Å². The van der Waals surface area contributed by atoms with Crippen LogP contribution in [0.4, 0.5) is 0 Å². The van der Waals surface area contributed by atoms with E-state index in [9.17, 15) is 0 Å². The predicted octanol–water partition coefficient (Wildman–Crippen LogP) is 5.48. The van der Waals surface area contributed by atoms with Gasteiger partial charge in [0.05, 0.1) is 12.7 Å². The van der Waals surface area contributed by atoms with Gasteiger partial charge in [0.1, 0.15) is 0 Å². The highest BCUT2D eigenvalue weighted by atomic mass is 15.1. The number of fused-ring (bicyclic) bond motifs is 1. The van der Waals surface area contributed by atoms with Crippen molar-refractivity contribution in [1.82, 2.24) is 4.40 Å². The van der Waals surface area contributed by atoms with Crippen molar-refractivity contribution < 1.29 is 4.57 Å². The molecule has 0 saturated carbocycles. The van der Waals surface area contributed by atoms with Gasteiger partial charge in [-0.25, -0.2) is 4.57 Å². The van der Waals surface area contributed by atoms with Crippen molar-refractivity contribution in [2.45, 2.75) is 59.4 Å². The summed E-state index contributed by atoms with van der Waals surface area (Å²) < 4.78 is 4.85. The number of pyridine rings is 1. The summed E-state index contributed by atoms with van der Waals surface area (Å²) in [6, 6.07) is 15.3. The van der Waals surface area contributed by atoms with Gasteiger partial charge >= 0.3 is 0 Å². The fraction of sp³-hybridized carbons (Fsp3) is 0.409. The highest BCUT2D eigenvalue weighted by Crippen LogP contribution is 2.23. The lowest BCUT2D eigenvalue weighted by molar-refractivity contribution is -0.661. The Kier molecular flexibility index (Phi) is 5.34. The first-order valence-electron chi connectivity index (χ1n) is 9.29. The summed E-state index contributed by atoms with van der Waals surface area (Å²) in [4.78, 5) is 0. The summed E-state index contributed by atoms with van der Waals surface area (Å²) in [5.41, 5.74) is 6.62. The summed E-state index contributed by atoms with van der Waals surface area (Å²) in [6.07, 6.45) is 8.77. The molecule has 2 nitrogen and oxygen atoms in total. The molecule has 0 spiro atoms. The zero-order valence-electron chi connectivity index (χ0n) is 15.3. The Morgan fingerprint density at radius 2 is 1.67 bits per heavy atom. The summed E-state index contributed by atoms with van der Waals surface area (Å²) in [5.74, 6) is 0. The van der Waals surface area contributed by atoms with Crippen molar-refractivity contribution in [2.75, 3.05) is 0 Å². The Bertz CT molecular complexity index is 800. The van der Waals surface area contributed by atoms with Crippen molar-refractivity contribution in [3.63, 3.8) is 0 Å². The molecule has 0 bridgehead atoms. The first-order chi connectivity index (χ1) is 11.7. The number of hydrogen-bond acceptors (Lipinski definition) is 0. The maximum Gasteiger partial charge on any atom is 0.287 e. The smallest absolute Gasteiger partial charge is 0.223 e. The third-order valence-electron chi connectivity index (χ3n) is 4.87. The van der Waals surface area contributed by atoms with Crippen LogP contribution in [0.5, 0.6) is 0 Å². The number of nitrogens with zero attached hydrogens (tertiary/aromatic N) is 2. The molecule has 2 heterocycles. The second-order valence-electron chi connectivity index (χ2n) is 6.80. The van der Waals surface area contributed by atoms with Gasteiger partial charge < -0.3 is 0 Å². The average molecular weight is 321 g/mol. The van der Waals surface area contributed by atoms with Gasteiger partial charge in [0, 0.05) is 18.6 Å². The molecule has 0 atom stereocenters. The van der Waals surface area contributed by atoms with E-state index in [0.717, 1.165) is 6.54 Å². The number of aromatic nitrogens is 2. The quantitative estimate of drug-likeness (QED) is 0.402. The standard InChI is InChI=1S/C22H29N2/c1-4-5-6-7-11-15-24-21-17-18(2)14-16-23(21)19(3)22(24)20-12-9-8-10-13-20/h8-10,12-14,16-17H,4-7,11,15H2,1-3H3/q+1. The van der Waals surface area contributed by atoms with Gasteiger partial charge in [0.2, 0.25) is 0 Å². The van der Waals surface area contributed by atoms with E-state index in [1.54, 1.807) is 0 Å². The summed E-state index contributed by atoms with van der Waals surface area (Å²) in [6.45, 7) is 7.78. The molecule has 0 aliphatic rings. The van der Waals surface area contributed by atoms with Crippen LogP contribution in [0.2, 0.25) is 0 Å². The molecule has 0 aliphatic heterocycles. The maximum absolute atomic E-state index is 2.52. The zero-order valence-corrected chi connectivity index (χ0v) is 15.3. The average Bonchev–Trinajstić information content (AvgIpc) is 2.87. The van der Waals surface area contributed by atoms with E-state index in [0.29, 0.717) is 0 Å². The van der Waals surface area contributed by atoms with Gasteiger partial charge in [-0.1, -0.05) is 56.5 Å². The second-order valence-corrected chi connectivity index (χ2v) is 6.80. The Balaban J connectivity index is 2.01. The minimum Gasteiger partial charge on any atom is -0.223 e. The number of benzene rings is 1. The third kappa shape index (κ3) is 3.38. The van der Waals surface area contributed by atoms with E-state index in [2.05, 4.69) is 78.4 Å². The van der Waals surface area contributed by atoms with Crippen LogP contribution in [0, 0.1) is 13.8 Å². The van der Waals surface area contributed by atoms with Crippen LogP contribution in [-0.4, -0.2) is 4.40 Å². The molecule has 24 heavy (non-hydrogen) atoms. The minimum absolute atomic E-state index is 1.09. The lowest BCUT2D eigenvalue weighted by Gasteiger charge is -2.04. The molecule has 3 aromatic rings. The number of unbranched alkanes of at least 4 members (excludes halogenated alkanes) is 4.